The number of carbonyl (C=O) groups excluding carboxylic acids is 1. The van der Waals surface area contributed by atoms with Crippen LogP contribution in [-0.4, -0.2) is 71.8 Å². The fraction of sp³-hybridized carbons (Fsp3) is 0.923. The number of β-amino-alcohol motifs (C(OH)–C–C–N with tert-alkyl or cyclic N) is 1. The number of ether oxygens (including phenoxy) is 1. The molecule has 0 bridgehead atoms. The summed E-state index contributed by atoms with van der Waals surface area (Å²) in [5.41, 5.74) is -0.427. The van der Waals surface area contributed by atoms with Gasteiger partial charge >= 0.3 is 5.97 Å². The molecule has 1 heterocycles. The van der Waals surface area contributed by atoms with E-state index in [0.717, 1.165) is 26.2 Å². The Hall–Kier alpha value is -0.650. The van der Waals surface area contributed by atoms with Gasteiger partial charge in [-0.3, -0.25) is 14.6 Å². The van der Waals surface area contributed by atoms with Crippen molar-refractivity contribution >= 4 is 5.97 Å². The van der Waals surface area contributed by atoms with Crippen molar-refractivity contribution in [1.82, 2.24) is 9.80 Å². The van der Waals surface area contributed by atoms with Crippen LogP contribution < -0.4 is 0 Å². The monoisotopic (exact) mass is 258 g/mol. The molecule has 1 unspecified atom stereocenters. The minimum atomic E-state index is -0.427. The molecule has 1 rings (SSSR count). The first kappa shape index (κ1) is 15.4. The van der Waals surface area contributed by atoms with Gasteiger partial charge in [-0.1, -0.05) is 0 Å². The van der Waals surface area contributed by atoms with Crippen molar-refractivity contribution in [2.75, 3.05) is 39.3 Å². The molecule has 0 spiro atoms. The molecule has 1 aliphatic heterocycles. The van der Waals surface area contributed by atoms with Gasteiger partial charge in [-0.05, 0) is 27.7 Å². The van der Waals surface area contributed by atoms with Crippen LogP contribution in [0.25, 0.3) is 0 Å². The smallest absolute Gasteiger partial charge is 0.323 e. The highest BCUT2D eigenvalue weighted by Crippen LogP contribution is 2.13. The highest BCUT2D eigenvalue weighted by molar-refractivity contribution is 5.75. The number of rotatable bonds is 4. The molecule has 0 radical (unpaired) electrons. The summed E-state index contributed by atoms with van der Waals surface area (Å²) < 4.78 is 5.39. The van der Waals surface area contributed by atoms with Gasteiger partial charge in [0.2, 0.25) is 0 Å². The third-order valence-corrected chi connectivity index (χ3v) is 3.12. The standard InChI is InChI=1S/C13H26N2O3/c1-11(12(17)18-13(2,3)4)15-7-5-14(6-8-15)9-10-16/h11,16H,5-10H2,1-4H3. The number of esters is 1. The second kappa shape index (κ2) is 6.50. The molecule has 0 aromatic carbocycles. The number of aliphatic hydroxyl groups is 1. The van der Waals surface area contributed by atoms with Crippen LogP contribution in [0.1, 0.15) is 27.7 Å². The maximum Gasteiger partial charge on any atom is 0.323 e. The summed E-state index contributed by atoms with van der Waals surface area (Å²) in [7, 11) is 0. The summed E-state index contributed by atoms with van der Waals surface area (Å²) in [6, 6.07) is -0.194. The van der Waals surface area contributed by atoms with E-state index in [1.54, 1.807) is 0 Å². The third kappa shape index (κ3) is 4.92. The van der Waals surface area contributed by atoms with Crippen LogP contribution in [0, 0.1) is 0 Å². The summed E-state index contributed by atoms with van der Waals surface area (Å²) in [6.07, 6.45) is 0. The number of nitrogens with zero attached hydrogens (tertiary/aromatic N) is 2. The summed E-state index contributed by atoms with van der Waals surface area (Å²) in [4.78, 5) is 16.3. The van der Waals surface area contributed by atoms with Crippen LogP contribution in [0.15, 0.2) is 0 Å². The zero-order valence-electron chi connectivity index (χ0n) is 12.0. The van der Waals surface area contributed by atoms with Crippen LogP contribution in [0.5, 0.6) is 0 Å². The highest BCUT2D eigenvalue weighted by Gasteiger charge is 2.28. The van der Waals surface area contributed by atoms with Crippen LogP contribution >= 0.6 is 0 Å². The van der Waals surface area contributed by atoms with E-state index < -0.39 is 5.60 Å². The Morgan fingerprint density at radius 2 is 1.83 bits per heavy atom. The Balaban J connectivity index is 2.40. The van der Waals surface area contributed by atoms with Gasteiger partial charge in [-0.2, -0.15) is 0 Å². The molecule has 0 aromatic heterocycles. The molecule has 1 atom stereocenters. The molecule has 106 valence electrons. The maximum absolute atomic E-state index is 11.9. The lowest BCUT2D eigenvalue weighted by atomic mass is 10.2. The predicted molar refractivity (Wildman–Crippen MR) is 70.4 cm³/mol. The lowest BCUT2D eigenvalue weighted by Crippen LogP contribution is -2.53. The summed E-state index contributed by atoms with van der Waals surface area (Å²) >= 11 is 0. The first-order valence-electron chi connectivity index (χ1n) is 6.63. The van der Waals surface area contributed by atoms with Gasteiger partial charge in [0.25, 0.3) is 0 Å². The zero-order valence-corrected chi connectivity index (χ0v) is 12.0. The van der Waals surface area contributed by atoms with Crippen LogP contribution in [-0.2, 0) is 9.53 Å². The minimum absolute atomic E-state index is 0.155. The second-order valence-corrected chi connectivity index (χ2v) is 5.81. The summed E-state index contributed by atoms with van der Waals surface area (Å²) in [5.74, 6) is -0.155. The lowest BCUT2D eigenvalue weighted by Gasteiger charge is -2.37. The van der Waals surface area contributed by atoms with Crippen molar-refractivity contribution in [2.24, 2.45) is 0 Å². The second-order valence-electron chi connectivity index (χ2n) is 5.81. The van der Waals surface area contributed by atoms with E-state index in [9.17, 15) is 4.79 Å². The quantitative estimate of drug-likeness (QED) is 0.736. The Bertz CT molecular complexity index is 268. The average Bonchev–Trinajstić information content (AvgIpc) is 2.27. The number of piperazine rings is 1. The molecular formula is C13H26N2O3. The fourth-order valence-electron chi connectivity index (χ4n) is 2.05. The maximum atomic E-state index is 11.9. The van der Waals surface area contributed by atoms with Crippen molar-refractivity contribution in [3.63, 3.8) is 0 Å². The Morgan fingerprint density at radius 1 is 1.28 bits per heavy atom. The predicted octanol–water partition coefficient (Wildman–Crippen LogP) is 0.327. The van der Waals surface area contributed by atoms with E-state index in [4.69, 9.17) is 9.84 Å². The van der Waals surface area contributed by atoms with E-state index in [0.29, 0.717) is 6.54 Å². The van der Waals surface area contributed by atoms with Crippen LogP contribution in [0.2, 0.25) is 0 Å². The van der Waals surface area contributed by atoms with Crippen molar-refractivity contribution in [2.45, 2.75) is 39.3 Å². The van der Waals surface area contributed by atoms with Crippen molar-refractivity contribution in [3.05, 3.63) is 0 Å². The first-order valence-corrected chi connectivity index (χ1v) is 6.63. The zero-order chi connectivity index (χ0) is 13.8. The Labute approximate surface area is 110 Å². The van der Waals surface area contributed by atoms with Crippen LogP contribution in [0.3, 0.4) is 0 Å². The summed E-state index contributed by atoms with van der Waals surface area (Å²) in [6.45, 7) is 12.0. The number of carbonyl (C=O) groups is 1. The molecule has 0 aliphatic carbocycles. The van der Waals surface area contributed by atoms with Gasteiger partial charge in [0.05, 0.1) is 6.61 Å². The Kier molecular flexibility index (Phi) is 5.56. The molecule has 18 heavy (non-hydrogen) atoms. The highest BCUT2D eigenvalue weighted by atomic mass is 16.6. The number of aliphatic hydroxyl groups excluding tert-OH is 1. The molecule has 1 N–H and O–H groups in total. The molecule has 0 saturated carbocycles. The van der Waals surface area contributed by atoms with E-state index in [2.05, 4.69) is 9.80 Å². The van der Waals surface area contributed by atoms with Gasteiger partial charge in [0.1, 0.15) is 11.6 Å². The normalized spacial score (nSPS) is 20.7. The molecule has 1 fully saturated rings. The molecule has 5 heteroatoms. The van der Waals surface area contributed by atoms with E-state index in [1.165, 1.54) is 0 Å². The number of hydrogen-bond donors (Lipinski definition) is 1. The van der Waals surface area contributed by atoms with Gasteiger partial charge in [0, 0.05) is 32.7 Å². The molecule has 0 amide bonds. The SMILES string of the molecule is CC(C(=O)OC(C)(C)C)N1CCN(CCO)CC1. The van der Waals surface area contributed by atoms with Gasteiger partial charge < -0.3 is 9.84 Å². The first-order chi connectivity index (χ1) is 8.33. The molecular weight excluding hydrogens is 232 g/mol. The van der Waals surface area contributed by atoms with E-state index >= 15 is 0 Å². The molecule has 1 aliphatic rings. The molecule has 1 saturated heterocycles. The minimum Gasteiger partial charge on any atom is -0.459 e. The summed E-state index contributed by atoms with van der Waals surface area (Å²) in [5, 5.41) is 8.88. The van der Waals surface area contributed by atoms with E-state index in [1.807, 2.05) is 27.7 Å². The van der Waals surface area contributed by atoms with Gasteiger partial charge in [-0.15, -0.1) is 0 Å². The third-order valence-electron chi connectivity index (χ3n) is 3.12. The fourth-order valence-corrected chi connectivity index (χ4v) is 2.05. The lowest BCUT2D eigenvalue weighted by molar-refractivity contribution is -0.161. The van der Waals surface area contributed by atoms with Crippen molar-refractivity contribution in [3.8, 4) is 0 Å². The van der Waals surface area contributed by atoms with Crippen molar-refractivity contribution < 1.29 is 14.6 Å². The van der Waals surface area contributed by atoms with Gasteiger partial charge in [0.15, 0.2) is 0 Å². The van der Waals surface area contributed by atoms with E-state index in [-0.39, 0.29) is 18.6 Å². The molecule has 0 aromatic rings. The van der Waals surface area contributed by atoms with Crippen molar-refractivity contribution in [1.29, 1.82) is 0 Å². The molecule has 5 nitrogen and oxygen atoms in total. The largest absolute Gasteiger partial charge is 0.459 e. The number of hydrogen-bond acceptors (Lipinski definition) is 5. The average molecular weight is 258 g/mol. The van der Waals surface area contributed by atoms with Crippen LogP contribution in [0.4, 0.5) is 0 Å². The Morgan fingerprint density at radius 3 is 2.28 bits per heavy atom. The van der Waals surface area contributed by atoms with Gasteiger partial charge in [-0.25, -0.2) is 0 Å². The topological polar surface area (TPSA) is 53.0 Å².